The van der Waals surface area contributed by atoms with Crippen molar-refractivity contribution < 1.29 is 13.5 Å². The van der Waals surface area contributed by atoms with Crippen LogP contribution in [0.5, 0.6) is 5.75 Å². The highest BCUT2D eigenvalue weighted by Gasteiger charge is 2.23. The molecule has 0 bridgehead atoms. The van der Waals surface area contributed by atoms with E-state index in [0.717, 1.165) is 32.2 Å². The molecular formula is C17H22F2N6O. The molecule has 0 spiro atoms. The van der Waals surface area contributed by atoms with Gasteiger partial charge in [0.2, 0.25) is 17.7 Å². The van der Waals surface area contributed by atoms with E-state index in [-0.39, 0.29) is 11.7 Å². The minimum Gasteiger partial charge on any atom is -0.479 e. The van der Waals surface area contributed by atoms with Crippen molar-refractivity contribution in [2.24, 2.45) is 0 Å². The molecule has 2 N–H and O–H groups in total. The minimum atomic E-state index is -1.03. The highest BCUT2D eigenvalue weighted by atomic mass is 19.2. The quantitative estimate of drug-likeness (QED) is 0.869. The van der Waals surface area contributed by atoms with Gasteiger partial charge >= 0.3 is 0 Å². The number of nitrogens with zero attached hydrogens (tertiary/aromatic N) is 5. The topological polar surface area (TPSA) is 80.4 Å². The molecule has 7 nitrogen and oxygen atoms in total. The van der Waals surface area contributed by atoms with E-state index in [1.807, 2.05) is 11.8 Å². The molecule has 1 aromatic carbocycles. The lowest BCUT2D eigenvalue weighted by Crippen LogP contribution is -2.45. The maximum absolute atomic E-state index is 13.9. The second-order valence-corrected chi connectivity index (χ2v) is 6.21. The van der Waals surface area contributed by atoms with Crippen LogP contribution in [0.1, 0.15) is 25.3 Å². The number of hydrogen-bond donors (Lipinski definition) is 1. The van der Waals surface area contributed by atoms with Gasteiger partial charge < -0.3 is 20.3 Å². The Morgan fingerprint density at radius 1 is 1.15 bits per heavy atom. The minimum absolute atomic E-state index is 0.0747. The largest absolute Gasteiger partial charge is 0.479 e. The maximum atomic E-state index is 13.9. The third kappa shape index (κ3) is 3.98. The molecule has 0 amide bonds. The van der Waals surface area contributed by atoms with Crippen LogP contribution < -0.4 is 15.4 Å². The number of ether oxygens (including phenoxy) is 1. The van der Waals surface area contributed by atoms with Gasteiger partial charge in [-0.2, -0.15) is 19.3 Å². The average molecular weight is 364 g/mol. The summed E-state index contributed by atoms with van der Waals surface area (Å²) in [6.07, 6.45) is -0.204. The van der Waals surface area contributed by atoms with Crippen LogP contribution in [-0.4, -0.2) is 53.1 Å². The molecule has 0 saturated carbocycles. The van der Waals surface area contributed by atoms with Gasteiger partial charge in [0.15, 0.2) is 23.5 Å². The van der Waals surface area contributed by atoms with E-state index in [9.17, 15) is 8.78 Å². The second-order valence-electron chi connectivity index (χ2n) is 6.21. The van der Waals surface area contributed by atoms with Crippen LogP contribution in [0.2, 0.25) is 0 Å². The molecule has 2 aromatic rings. The number of hydrogen-bond acceptors (Lipinski definition) is 7. The van der Waals surface area contributed by atoms with E-state index in [1.54, 1.807) is 0 Å². The van der Waals surface area contributed by atoms with Crippen molar-refractivity contribution in [2.45, 2.75) is 19.4 Å². The average Bonchev–Trinajstić information content (AvgIpc) is 2.63. The first-order valence-electron chi connectivity index (χ1n) is 8.53. The van der Waals surface area contributed by atoms with Crippen molar-refractivity contribution in [2.75, 3.05) is 43.9 Å². The predicted molar refractivity (Wildman–Crippen MR) is 94.0 cm³/mol. The smallest absolute Gasteiger partial charge is 0.230 e. The SMILES string of the molecule is CCC(Oc1cccc(F)c1F)c1nc(N)nc(N2CCN(C)CC2)n1. The molecule has 1 aliphatic rings. The van der Waals surface area contributed by atoms with Gasteiger partial charge in [-0.3, -0.25) is 0 Å². The summed E-state index contributed by atoms with van der Waals surface area (Å²) in [5, 5.41) is 0. The summed E-state index contributed by atoms with van der Waals surface area (Å²) < 4.78 is 32.9. The molecule has 1 fully saturated rings. The van der Waals surface area contributed by atoms with Gasteiger partial charge in [-0.25, -0.2) is 4.39 Å². The summed E-state index contributed by atoms with van der Waals surface area (Å²) in [5.74, 6) is -1.33. The van der Waals surface area contributed by atoms with Crippen LogP contribution in [0.4, 0.5) is 20.7 Å². The van der Waals surface area contributed by atoms with Crippen molar-refractivity contribution in [3.8, 4) is 5.75 Å². The maximum Gasteiger partial charge on any atom is 0.230 e. The summed E-state index contributed by atoms with van der Waals surface area (Å²) in [5.41, 5.74) is 5.84. The van der Waals surface area contributed by atoms with Crippen LogP contribution in [0, 0.1) is 11.6 Å². The fourth-order valence-corrected chi connectivity index (χ4v) is 2.74. The van der Waals surface area contributed by atoms with Crippen molar-refractivity contribution >= 4 is 11.9 Å². The Morgan fingerprint density at radius 2 is 1.88 bits per heavy atom. The Hall–Kier alpha value is -2.55. The number of halogens is 2. The molecule has 1 aliphatic heterocycles. The van der Waals surface area contributed by atoms with Crippen LogP contribution >= 0.6 is 0 Å². The van der Waals surface area contributed by atoms with Gasteiger partial charge in [0, 0.05) is 26.2 Å². The Bertz CT molecular complexity index is 767. The van der Waals surface area contributed by atoms with E-state index in [2.05, 4.69) is 26.9 Å². The Kier molecular flexibility index (Phi) is 5.46. The third-order valence-corrected chi connectivity index (χ3v) is 4.29. The van der Waals surface area contributed by atoms with E-state index < -0.39 is 17.7 Å². The predicted octanol–water partition coefficient (Wildman–Crippen LogP) is 2.01. The standard InChI is InChI=1S/C17H22F2N6O/c1-3-12(26-13-6-4-5-11(18)14(13)19)15-21-16(20)23-17(22-15)25-9-7-24(2)8-10-25/h4-6,12H,3,7-10H2,1-2H3,(H2,20,21,22,23). The first-order chi connectivity index (χ1) is 12.5. The van der Waals surface area contributed by atoms with Crippen molar-refractivity contribution in [1.29, 1.82) is 0 Å². The van der Waals surface area contributed by atoms with Crippen LogP contribution in [0.15, 0.2) is 18.2 Å². The fourth-order valence-electron chi connectivity index (χ4n) is 2.74. The summed E-state index contributed by atoms with van der Waals surface area (Å²) in [6, 6.07) is 3.79. The number of likely N-dealkylation sites (N-methyl/N-ethyl adjacent to an activating group) is 1. The summed E-state index contributed by atoms with van der Waals surface area (Å²) in [7, 11) is 2.05. The summed E-state index contributed by atoms with van der Waals surface area (Å²) in [4.78, 5) is 17.1. The molecule has 1 unspecified atom stereocenters. The van der Waals surface area contributed by atoms with Crippen LogP contribution in [0.25, 0.3) is 0 Å². The Morgan fingerprint density at radius 3 is 2.58 bits per heavy atom. The summed E-state index contributed by atoms with van der Waals surface area (Å²) >= 11 is 0. The number of nitrogens with two attached hydrogens (primary N) is 1. The Balaban J connectivity index is 1.85. The first kappa shape index (κ1) is 18.2. The monoisotopic (exact) mass is 364 g/mol. The fraction of sp³-hybridized carbons (Fsp3) is 0.471. The van der Waals surface area contributed by atoms with Crippen molar-refractivity contribution in [1.82, 2.24) is 19.9 Å². The zero-order valence-corrected chi connectivity index (χ0v) is 14.8. The highest BCUT2D eigenvalue weighted by molar-refractivity contribution is 5.36. The van der Waals surface area contributed by atoms with Gasteiger partial charge in [0.1, 0.15) is 0 Å². The van der Waals surface area contributed by atoms with E-state index in [4.69, 9.17) is 10.5 Å². The number of benzene rings is 1. The molecule has 9 heteroatoms. The first-order valence-corrected chi connectivity index (χ1v) is 8.53. The molecule has 1 aromatic heterocycles. The zero-order valence-electron chi connectivity index (χ0n) is 14.8. The molecule has 26 heavy (non-hydrogen) atoms. The van der Waals surface area contributed by atoms with E-state index >= 15 is 0 Å². The third-order valence-electron chi connectivity index (χ3n) is 4.29. The molecule has 140 valence electrons. The van der Waals surface area contributed by atoms with Gasteiger partial charge in [-0.1, -0.05) is 13.0 Å². The molecule has 1 atom stereocenters. The van der Waals surface area contributed by atoms with Crippen LogP contribution in [0.3, 0.4) is 0 Å². The van der Waals surface area contributed by atoms with E-state index in [0.29, 0.717) is 18.2 Å². The Labute approximate surface area is 150 Å². The van der Waals surface area contributed by atoms with Gasteiger partial charge in [-0.15, -0.1) is 0 Å². The lowest BCUT2D eigenvalue weighted by Gasteiger charge is -2.32. The number of piperazine rings is 1. The second kappa shape index (κ2) is 7.77. The summed E-state index contributed by atoms with van der Waals surface area (Å²) in [6.45, 7) is 5.18. The van der Waals surface area contributed by atoms with Crippen molar-refractivity contribution in [3.05, 3.63) is 35.7 Å². The normalized spacial score (nSPS) is 16.5. The molecule has 2 heterocycles. The molecular weight excluding hydrogens is 342 g/mol. The lowest BCUT2D eigenvalue weighted by molar-refractivity contribution is 0.180. The van der Waals surface area contributed by atoms with Gasteiger partial charge in [0.25, 0.3) is 0 Å². The number of aromatic nitrogens is 3. The number of rotatable bonds is 5. The number of anilines is 2. The van der Waals surface area contributed by atoms with Gasteiger partial charge in [-0.05, 0) is 25.6 Å². The highest BCUT2D eigenvalue weighted by Crippen LogP contribution is 2.27. The molecule has 0 aliphatic carbocycles. The van der Waals surface area contributed by atoms with Gasteiger partial charge in [0.05, 0.1) is 0 Å². The lowest BCUT2D eigenvalue weighted by atomic mass is 10.2. The van der Waals surface area contributed by atoms with Crippen LogP contribution in [-0.2, 0) is 0 Å². The molecule has 1 saturated heterocycles. The number of nitrogen functional groups attached to an aromatic ring is 1. The molecule has 3 rings (SSSR count). The van der Waals surface area contributed by atoms with Crippen molar-refractivity contribution in [3.63, 3.8) is 0 Å². The van der Waals surface area contributed by atoms with E-state index in [1.165, 1.54) is 12.1 Å². The molecule has 0 radical (unpaired) electrons. The zero-order chi connectivity index (χ0) is 18.7.